The van der Waals surface area contributed by atoms with Crippen molar-refractivity contribution in [2.45, 2.75) is 6.04 Å². The zero-order valence-corrected chi connectivity index (χ0v) is 14.5. The summed E-state index contributed by atoms with van der Waals surface area (Å²) >= 11 is 3.23. The summed E-state index contributed by atoms with van der Waals surface area (Å²) in [6.45, 7) is 0.521. The van der Waals surface area contributed by atoms with Crippen molar-refractivity contribution in [2.24, 2.45) is 0 Å². The van der Waals surface area contributed by atoms with Crippen molar-refractivity contribution in [3.05, 3.63) is 51.7 Å². The molecule has 7 heteroatoms. The largest absolute Gasteiger partial charge is 0.355 e. The van der Waals surface area contributed by atoms with Crippen molar-refractivity contribution in [2.75, 3.05) is 20.6 Å². The maximum Gasteiger partial charge on any atom is 0.273 e. The summed E-state index contributed by atoms with van der Waals surface area (Å²) in [5, 5.41) is 10.8. The number of hydrogen-bond acceptors (Lipinski definition) is 6. The maximum absolute atomic E-state index is 12.3. The van der Waals surface area contributed by atoms with Crippen molar-refractivity contribution in [3.63, 3.8) is 0 Å². The van der Waals surface area contributed by atoms with E-state index in [1.54, 1.807) is 28.7 Å². The molecule has 23 heavy (non-hydrogen) atoms. The van der Waals surface area contributed by atoms with Crippen molar-refractivity contribution in [1.29, 1.82) is 0 Å². The average Bonchev–Trinajstić information content (AvgIpc) is 3.27. The monoisotopic (exact) mass is 347 g/mol. The molecule has 0 bridgehead atoms. The minimum absolute atomic E-state index is 0.141. The van der Waals surface area contributed by atoms with Gasteiger partial charge < -0.3 is 14.7 Å². The Morgan fingerprint density at radius 2 is 2.09 bits per heavy atom. The Bertz CT molecular complexity index is 748. The number of hydrogen-bond donors (Lipinski definition) is 1. The third-order valence-electron chi connectivity index (χ3n) is 3.46. The minimum atomic E-state index is -0.222. The molecule has 120 valence electrons. The Balaban J connectivity index is 1.65. The molecule has 0 aliphatic carbocycles. The quantitative estimate of drug-likeness (QED) is 0.741. The normalized spacial score (nSPS) is 12.5. The zero-order chi connectivity index (χ0) is 16.2. The second kappa shape index (κ2) is 7.08. The van der Waals surface area contributed by atoms with Gasteiger partial charge in [0.1, 0.15) is 0 Å². The molecule has 5 nitrogen and oxygen atoms in total. The number of rotatable bonds is 6. The van der Waals surface area contributed by atoms with E-state index in [-0.39, 0.29) is 11.9 Å². The van der Waals surface area contributed by atoms with Crippen molar-refractivity contribution in [1.82, 2.24) is 15.4 Å². The number of likely N-dealkylation sites (N-methyl/N-ethyl adjacent to an activating group) is 1. The lowest BCUT2D eigenvalue weighted by Crippen LogP contribution is -2.34. The first-order valence-electron chi connectivity index (χ1n) is 7.14. The molecule has 0 spiro atoms. The molecule has 0 aliphatic heterocycles. The van der Waals surface area contributed by atoms with Crippen LogP contribution in [0.2, 0.25) is 0 Å². The van der Waals surface area contributed by atoms with Crippen LogP contribution in [0.1, 0.15) is 21.4 Å². The van der Waals surface area contributed by atoms with Gasteiger partial charge in [0.2, 0.25) is 0 Å². The first kappa shape index (κ1) is 15.9. The summed E-state index contributed by atoms with van der Waals surface area (Å²) in [6.07, 6.45) is 0. The second-order valence-electron chi connectivity index (χ2n) is 5.26. The highest BCUT2D eigenvalue weighted by atomic mass is 32.1. The van der Waals surface area contributed by atoms with Crippen LogP contribution in [0.4, 0.5) is 0 Å². The van der Waals surface area contributed by atoms with E-state index in [9.17, 15) is 4.79 Å². The van der Waals surface area contributed by atoms with Crippen LogP contribution in [0.25, 0.3) is 10.6 Å². The van der Waals surface area contributed by atoms with Gasteiger partial charge in [-0.3, -0.25) is 4.79 Å². The van der Waals surface area contributed by atoms with Crippen molar-refractivity contribution < 1.29 is 9.32 Å². The molecule has 1 amide bonds. The molecule has 0 radical (unpaired) electrons. The first-order valence-corrected chi connectivity index (χ1v) is 8.89. The molecule has 1 N–H and O–H groups in total. The van der Waals surface area contributed by atoms with E-state index in [0.717, 1.165) is 4.88 Å². The van der Waals surface area contributed by atoms with E-state index in [1.807, 2.05) is 43.1 Å². The fourth-order valence-corrected chi connectivity index (χ4v) is 3.81. The predicted molar refractivity (Wildman–Crippen MR) is 92.9 cm³/mol. The van der Waals surface area contributed by atoms with Gasteiger partial charge in [-0.1, -0.05) is 17.3 Å². The topological polar surface area (TPSA) is 58.4 Å². The molecule has 3 heterocycles. The van der Waals surface area contributed by atoms with Crippen LogP contribution in [0.15, 0.2) is 45.6 Å². The van der Waals surface area contributed by atoms with Gasteiger partial charge >= 0.3 is 0 Å². The summed E-state index contributed by atoms with van der Waals surface area (Å²) in [5.74, 6) is 0.396. The molecule has 0 saturated heterocycles. The molecule has 1 atom stereocenters. The third-order valence-corrected chi connectivity index (χ3v) is 5.32. The van der Waals surface area contributed by atoms with Crippen LogP contribution in [0.5, 0.6) is 0 Å². The number of amides is 1. The fraction of sp³-hybridized carbons (Fsp3) is 0.250. The Labute approximate surface area is 142 Å². The van der Waals surface area contributed by atoms with Crippen LogP contribution in [-0.2, 0) is 0 Å². The highest BCUT2D eigenvalue weighted by molar-refractivity contribution is 7.13. The van der Waals surface area contributed by atoms with Gasteiger partial charge in [-0.2, -0.15) is 0 Å². The van der Waals surface area contributed by atoms with E-state index in [0.29, 0.717) is 18.0 Å². The molecular formula is C16H17N3O2S2. The Hall–Kier alpha value is -1.96. The number of nitrogens with one attached hydrogen (secondary N) is 1. The summed E-state index contributed by atoms with van der Waals surface area (Å²) in [4.78, 5) is 16.5. The summed E-state index contributed by atoms with van der Waals surface area (Å²) in [6, 6.07) is 9.78. The highest BCUT2D eigenvalue weighted by Gasteiger charge is 2.19. The zero-order valence-electron chi connectivity index (χ0n) is 12.9. The molecule has 0 fully saturated rings. The van der Waals surface area contributed by atoms with Crippen LogP contribution in [0.3, 0.4) is 0 Å². The molecular weight excluding hydrogens is 330 g/mol. The van der Waals surface area contributed by atoms with E-state index in [4.69, 9.17) is 4.52 Å². The van der Waals surface area contributed by atoms with Gasteiger partial charge in [-0.05, 0) is 37.0 Å². The van der Waals surface area contributed by atoms with Crippen LogP contribution in [-0.4, -0.2) is 36.6 Å². The van der Waals surface area contributed by atoms with E-state index >= 15 is 0 Å². The third kappa shape index (κ3) is 3.69. The van der Waals surface area contributed by atoms with E-state index in [2.05, 4.69) is 21.4 Å². The SMILES string of the molecule is CN(C)[C@@H](CNC(=O)c1cc(-c2cccs2)on1)c1cccs1. The van der Waals surface area contributed by atoms with Crippen molar-refractivity contribution in [3.8, 4) is 10.6 Å². The fourth-order valence-electron chi connectivity index (χ4n) is 2.22. The summed E-state index contributed by atoms with van der Waals surface area (Å²) in [5.41, 5.74) is 0.303. The molecule has 0 saturated carbocycles. The number of thiophene rings is 2. The Kier molecular flexibility index (Phi) is 4.90. The molecule has 0 unspecified atom stereocenters. The highest BCUT2D eigenvalue weighted by Crippen LogP contribution is 2.25. The lowest BCUT2D eigenvalue weighted by Gasteiger charge is -2.23. The molecule has 3 aromatic heterocycles. The van der Waals surface area contributed by atoms with Gasteiger partial charge in [0.15, 0.2) is 11.5 Å². The lowest BCUT2D eigenvalue weighted by molar-refractivity contribution is 0.0933. The standard InChI is InChI=1S/C16H17N3O2S2/c1-19(2)12(14-5-3-7-22-14)10-17-16(20)11-9-13(21-18-11)15-6-4-8-23-15/h3-9,12H,10H2,1-2H3,(H,17,20)/t12-/m0/s1. The van der Waals surface area contributed by atoms with E-state index in [1.165, 1.54) is 4.88 Å². The first-order chi connectivity index (χ1) is 11.1. The van der Waals surface area contributed by atoms with Crippen molar-refractivity contribution >= 4 is 28.6 Å². The van der Waals surface area contributed by atoms with Gasteiger partial charge in [-0.15, -0.1) is 22.7 Å². The predicted octanol–water partition coefficient (Wildman–Crippen LogP) is 3.50. The maximum atomic E-state index is 12.3. The average molecular weight is 347 g/mol. The number of carbonyl (C=O) groups excluding carboxylic acids is 1. The Morgan fingerprint density at radius 1 is 1.30 bits per heavy atom. The number of aromatic nitrogens is 1. The minimum Gasteiger partial charge on any atom is -0.355 e. The van der Waals surface area contributed by atoms with Crippen LogP contribution < -0.4 is 5.32 Å². The lowest BCUT2D eigenvalue weighted by atomic mass is 10.2. The number of nitrogens with zero attached hydrogens (tertiary/aromatic N) is 2. The second-order valence-corrected chi connectivity index (χ2v) is 7.19. The van der Waals surface area contributed by atoms with Crippen LogP contribution in [0, 0.1) is 0 Å². The van der Waals surface area contributed by atoms with Gasteiger partial charge in [0, 0.05) is 17.5 Å². The molecule has 0 aromatic carbocycles. The summed E-state index contributed by atoms with van der Waals surface area (Å²) in [7, 11) is 4.00. The van der Waals surface area contributed by atoms with E-state index < -0.39 is 0 Å². The van der Waals surface area contributed by atoms with Crippen LogP contribution >= 0.6 is 22.7 Å². The number of carbonyl (C=O) groups is 1. The van der Waals surface area contributed by atoms with Gasteiger partial charge in [-0.25, -0.2) is 0 Å². The van der Waals surface area contributed by atoms with Gasteiger partial charge in [0.25, 0.3) is 5.91 Å². The molecule has 3 aromatic rings. The Morgan fingerprint density at radius 3 is 2.74 bits per heavy atom. The molecule has 3 rings (SSSR count). The smallest absolute Gasteiger partial charge is 0.273 e. The molecule has 0 aliphatic rings. The summed E-state index contributed by atoms with van der Waals surface area (Å²) < 4.78 is 5.25. The van der Waals surface area contributed by atoms with Gasteiger partial charge in [0.05, 0.1) is 10.9 Å².